The maximum atomic E-state index is 12.5. The van der Waals surface area contributed by atoms with Crippen LogP contribution in [0.3, 0.4) is 0 Å². The molecule has 1 aliphatic heterocycles. The van der Waals surface area contributed by atoms with Crippen molar-refractivity contribution in [2.45, 2.75) is 19.2 Å². The van der Waals surface area contributed by atoms with Crippen LogP contribution in [0.25, 0.3) is 11.1 Å². The lowest BCUT2D eigenvalue weighted by molar-refractivity contribution is -0.0498. The summed E-state index contributed by atoms with van der Waals surface area (Å²) < 4.78 is 29.4. The summed E-state index contributed by atoms with van der Waals surface area (Å²) in [5, 5.41) is 0. The highest BCUT2D eigenvalue weighted by Gasteiger charge is 2.38. The number of hydrogen-bond donors (Lipinski definition) is 1. The molecule has 0 saturated heterocycles. The topological polar surface area (TPSA) is 85.8 Å². The average molecular weight is 393 g/mol. The van der Waals surface area contributed by atoms with Crippen LogP contribution in [0.5, 0.6) is 5.75 Å². The SMILES string of the molecule is CC1=NC(c2ccc(OC(F)F)cc2)(c2cccc(-c3cncnc3)c2)N=C1N. The molecule has 0 spiro atoms. The van der Waals surface area contributed by atoms with Crippen molar-refractivity contribution in [3.63, 3.8) is 0 Å². The van der Waals surface area contributed by atoms with Gasteiger partial charge in [-0.25, -0.2) is 20.0 Å². The molecule has 0 bridgehead atoms. The summed E-state index contributed by atoms with van der Waals surface area (Å²) >= 11 is 0. The minimum absolute atomic E-state index is 0.0599. The van der Waals surface area contributed by atoms with Gasteiger partial charge in [0, 0.05) is 29.1 Å². The predicted molar refractivity (Wildman–Crippen MR) is 106 cm³/mol. The van der Waals surface area contributed by atoms with Crippen molar-refractivity contribution < 1.29 is 13.5 Å². The van der Waals surface area contributed by atoms with Crippen molar-refractivity contribution in [1.29, 1.82) is 0 Å². The minimum Gasteiger partial charge on any atom is -0.435 e. The van der Waals surface area contributed by atoms with Crippen LogP contribution in [-0.2, 0) is 5.66 Å². The Bertz CT molecular complexity index is 1060. The Balaban J connectivity index is 1.82. The number of nitrogens with zero attached hydrogens (tertiary/aromatic N) is 4. The molecule has 146 valence electrons. The number of aromatic nitrogens is 2. The van der Waals surface area contributed by atoms with E-state index in [0.717, 1.165) is 16.7 Å². The molecular weight excluding hydrogens is 376 g/mol. The largest absolute Gasteiger partial charge is 0.435 e. The molecule has 29 heavy (non-hydrogen) atoms. The molecule has 6 nitrogen and oxygen atoms in total. The third-order valence-corrected chi connectivity index (χ3v) is 4.62. The van der Waals surface area contributed by atoms with E-state index in [0.29, 0.717) is 17.1 Å². The van der Waals surface area contributed by atoms with Crippen LogP contribution in [0.15, 0.2) is 77.2 Å². The standard InChI is InChI=1S/C21H17F2N5O/c1-13-19(24)28-21(27-13,16-5-7-18(8-6-16)29-20(22)23)17-4-2-3-14(9-17)15-10-25-12-26-11-15/h2-12,20H,1H3,(H2,24,28). The Morgan fingerprint density at radius 1 is 0.931 bits per heavy atom. The molecule has 0 fully saturated rings. The Morgan fingerprint density at radius 2 is 1.66 bits per heavy atom. The number of hydrogen-bond acceptors (Lipinski definition) is 6. The van der Waals surface area contributed by atoms with Gasteiger partial charge in [-0.3, -0.25) is 0 Å². The van der Waals surface area contributed by atoms with Gasteiger partial charge in [0.1, 0.15) is 17.9 Å². The summed E-state index contributed by atoms with van der Waals surface area (Å²) in [5.74, 6) is 0.385. The van der Waals surface area contributed by atoms with Gasteiger partial charge in [-0.2, -0.15) is 8.78 Å². The fourth-order valence-corrected chi connectivity index (χ4v) is 3.24. The number of aliphatic imine (C=N–C) groups is 2. The fraction of sp³-hybridized carbons (Fsp3) is 0.143. The summed E-state index contributed by atoms with van der Waals surface area (Å²) in [5.41, 5.74) is 8.75. The van der Waals surface area contributed by atoms with E-state index < -0.39 is 12.3 Å². The van der Waals surface area contributed by atoms with E-state index in [1.165, 1.54) is 18.5 Å². The molecule has 4 rings (SSSR count). The van der Waals surface area contributed by atoms with Gasteiger partial charge in [0.25, 0.3) is 0 Å². The van der Waals surface area contributed by atoms with Crippen molar-refractivity contribution >= 4 is 11.5 Å². The maximum Gasteiger partial charge on any atom is 0.387 e. The third-order valence-electron chi connectivity index (χ3n) is 4.62. The van der Waals surface area contributed by atoms with Gasteiger partial charge in [-0.15, -0.1) is 0 Å². The Hall–Kier alpha value is -3.68. The second kappa shape index (κ2) is 7.38. The van der Waals surface area contributed by atoms with E-state index in [1.807, 2.05) is 24.3 Å². The lowest BCUT2D eigenvalue weighted by Gasteiger charge is -2.25. The normalized spacial score (nSPS) is 18.5. The van der Waals surface area contributed by atoms with Crippen LogP contribution >= 0.6 is 0 Å². The Labute approximate surface area is 165 Å². The molecule has 3 aromatic rings. The number of ether oxygens (including phenoxy) is 1. The van der Waals surface area contributed by atoms with Crippen molar-refractivity contribution in [2.75, 3.05) is 0 Å². The van der Waals surface area contributed by atoms with Gasteiger partial charge >= 0.3 is 6.61 Å². The Kier molecular flexibility index (Phi) is 4.75. The number of benzene rings is 2. The van der Waals surface area contributed by atoms with Crippen LogP contribution < -0.4 is 10.5 Å². The molecule has 2 heterocycles. The number of rotatable bonds is 5. The van der Waals surface area contributed by atoms with Crippen LogP contribution in [-0.4, -0.2) is 28.1 Å². The molecule has 8 heteroatoms. The number of amidine groups is 1. The lowest BCUT2D eigenvalue weighted by atomic mass is 9.90. The molecule has 0 saturated carbocycles. The molecular formula is C21H17F2N5O. The zero-order chi connectivity index (χ0) is 20.4. The van der Waals surface area contributed by atoms with Crippen LogP contribution in [0.2, 0.25) is 0 Å². The monoisotopic (exact) mass is 393 g/mol. The molecule has 2 N–H and O–H groups in total. The molecule has 1 aliphatic rings. The molecule has 0 radical (unpaired) electrons. The smallest absolute Gasteiger partial charge is 0.387 e. The molecule has 0 amide bonds. The molecule has 0 aliphatic carbocycles. The zero-order valence-corrected chi connectivity index (χ0v) is 15.5. The number of alkyl halides is 2. The lowest BCUT2D eigenvalue weighted by Crippen LogP contribution is -2.22. The highest BCUT2D eigenvalue weighted by atomic mass is 19.3. The second-order valence-electron chi connectivity index (χ2n) is 6.48. The van der Waals surface area contributed by atoms with Gasteiger partial charge in [0.2, 0.25) is 5.66 Å². The van der Waals surface area contributed by atoms with Gasteiger partial charge < -0.3 is 10.5 Å². The van der Waals surface area contributed by atoms with Crippen LogP contribution in [0.4, 0.5) is 8.78 Å². The van der Waals surface area contributed by atoms with E-state index >= 15 is 0 Å². The van der Waals surface area contributed by atoms with Gasteiger partial charge in [-0.1, -0.05) is 30.3 Å². The van der Waals surface area contributed by atoms with Crippen molar-refractivity contribution in [2.24, 2.45) is 15.7 Å². The summed E-state index contributed by atoms with van der Waals surface area (Å²) in [6.07, 6.45) is 4.90. The first-order chi connectivity index (χ1) is 14.0. The molecule has 1 atom stereocenters. The van der Waals surface area contributed by atoms with E-state index in [2.05, 4.69) is 19.7 Å². The third kappa shape index (κ3) is 3.56. The highest BCUT2D eigenvalue weighted by molar-refractivity contribution is 6.41. The number of nitrogens with two attached hydrogens (primary N) is 1. The van der Waals surface area contributed by atoms with Gasteiger partial charge in [0.15, 0.2) is 0 Å². The molecule has 1 aromatic heterocycles. The van der Waals surface area contributed by atoms with Crippen molar-refractivity contribution in [1.82, 2.24) is 9.97 Å². The van der Waals surface area contributed by atoms with E-state index in [9.17, 15) is 8.78 Å². The van der Waals surface area contributed by atoms with Gasteiger partial charge in [-0.05, 0) is 30.7 Å². The first-order valence-corrected chi connectivity index (χ1v) is 8.81. The summed E-state index contributed by atoms with van der Waals surface area (Å²) in [7, 11) is 0. The first-order valence-electron chi connectivity index (χ1n) is 8.81. The van der Waals surface area contributed by atoms with Crippen LogP contribution in [0, 0.1) is 0 Å². The first kappa shape index (κ1) is 18.7. The van der Waals surface area contributed by atoms with Gasteiger partial charge in [0.05, 0.1) is 5.71 Å². The molecule has 1 unspecified atom stereocenters. The fourth-order valence-electron chi connectivity index (χ4n) is 3.24. The van der Waals surface area contributed by atoms with Crippen molar-refractivity contribution in [3.05, 3.63) is 78.4 Å². The van der Waals surface area contributed by atoms with Crippen LogP contribution in [0.1, 0.15) is 18.1 Å². The summed E-state index contributed by atoms with van der Waals surface area (Å²) in [4.78, 5) is 17.5. The summed E-state index contributed by atoms with van der Waals surface area (Å²) in [6.45, 7) is -1.11. The van der Waals surface area contributed by atoms with Crippen molar-refractivity contribution in [3.8, 4) is 16.9 Å². The molecule has 2 aromatic carbocycles. The highest BCUT2D eigenvalue weighted by Crippen LogP contribution is 2.40. The maximum absolute atomic E-state index is 12.5. The zero-order valence-electron chi connectivity index (χ0n) is 15.5. The summed E-state index contributed by atoms with van der Waals surface area (Å²) in [6, 6.07) is 13.9. The Morgan fingerprint density at radius 3 is 2.28 bits per heavy atom. The minimum atomic E-state index is -2.89. The quantitative estimate of drug-likeness (QED) is 0.715. The van der Waals surface area contributed by atoms with E-state index in [4.69, 9.17) is 10.7 Å². The van der Waals surface area contributed by atoms with E-state index in [1.54, 1.807) is 31.5 Å². The predicted octanol–water partition coefficient (Wildman–Crippen LogP) is 3.78. The number of halogens is 2. The average Bonchev–Trinajstić information content (AvgIpc) is 3.04. The second-order valence-corrected chi connectivity index (χ2v) is 6.48. The van der Waals surface area contributed by atoms with E-state index in [-0.39, 0.29) is 5.75 Å².